The summed E-state index contributed by atoms with van der Waals surface area (Å²) < 4.78 is 7.10. The van der Waals surface area contributed by atoms with Crippen molar-refractivity contribution < 1.29 is 9.21 Å². The van der Waals surface area contributed by atoms with Gasteiger partial charge in [0.1, 0.15) is 0 Å². The van der Waals surface area contributed by atoms with Crippen molar-refractivity contribution in [1.29, 1.82) is 0 Å². The maximum Gasteiger partial charge on any atom is 0.315 e. The lowest BCUT2D eigenvalue weighted by atomic mass is 9.86. The van der Waals surface area contributed by atoms with Gasteiger partial charge in [0.05, 0.1) is 12.2 Å². The van der Waals surface area contributed by atoms with E-state index in [9.17, 15) is 4.79 Å². The molecule has 8 heteroatoms. The summed E-state index contributed by atoms with van der Waals surface area (Å²) in [6.07, 6.45) is 5.17. The molecule has 3 heterocycles. The summed E-state index contributed by atoms with van der Waals surface area (Å²) in [5, 5.41) is 15.1. The average molecular weight is 304 g/mol. The second-order valence-corrected chi connectivity index (χ2v) is 5.70. The minimum absolute atomic E-state index is 0.00599. The minimum atomic E-state index is 0.00599. The number of rotatable bonds is 4. The summed E-state index contributed by atoms with van der Waals surface area (Å²) in [7, 11) is 3.73. The molecule has 0 unspecified atom stereocenters. The van der Waals surface area contributed by atoms with Crippen molar-refractivity contribution in [2.45, 2.75) is 25.8 Å². The van der Waals surface area contributed by atoms with Crippen molar-refractivity contribution in [2.75, 3.05) is 18.9 Å². The molecule has 2 atom stereocenters. The highest BCUT2D eigenvalue weighted by molar-refractivity contribution is 5.77. The quantitative estimate of drug-likeness (QED) is 0.911. The Morgan fingerprint density at radius 3 is 2.86 bits per heavy atom. The van der Waals surface area contributed by atoms with Crippen LogP contribution in [0.3, 0.4) is 0 Å². The normalized spacial score (nSPS) is 22.1. The number of hydrogen-bond acceptors (Lipinski definition) is 6. The van der Waals surface area contributed by atoms with E-state index in [0.29, 0.717) is 24.9 Å². The van der Waals surface area contributed by atoms with E-state index in [4.69, 9.17) is 4.42 Å². The monoisotopic (exact) mass is 304 g/mol. The predicted molar refractivity (Wildman–Crippen MR) is 79.0 cm³/mol. The number of anilines is 1. The van der Waals surface area contributed by atoms with Crippen LogP contribution in [0.2, 0.25) is 0 Å². The van der Waals surface area contributed by atoms with Crippen molar-refractivity contribution >= 4 is 11.9 Å². The first-order valence-electron chi connectivity index (χ1n) is 7.33. The molecule has 1 fully saturated rings. The molecule has 1 aliphatic rings. The third-order valence-electron chi connectivity index (χ3n) is 4.09. The number of hydrogen-bond donors (Lipinski definition) is 1. The molecule has 3 rings (SSSR count). The molecule has 0 radical (unpaired) electrons. The first kappa shape index (κ1) is 14.6. The van der Waals surface area contributed by atoms with E-state index in [1.165, 1.54) is 0 Å². The fourth-order valence-electron chi connectivity index (χ4n) is 3.00. The van der Waals surface area contributed by atoms with Crippen LogP contribution in [-0.4, -0.2) is 44.4 Å². The molecule has 0 saturated carbocycles. The van der Waals surface area contributed by atoms with Gasteiger partial charge in [-0.25, -0.2) is 0 Å². The van der Waals surface area contributed by atoms with Gasteiger partial charge in [0.2, 0.25) is 11.8 Å². The maximum atomic E-state index is 12.0. The summed E-state index contributed by atoms with van der Waals surface area (Å²) in [5.41, 5.74) is 1.05. The molecule has 1 N–H and O–H groups in total. The summed E-state index contributed by atoms with van der Waals surface area (Å²) in [6, 6.07) is 0.424. The fourth-order valence-corrected chi connectivity index (χ4v) is 3.00. The van der Waals surface area contributed by atoms with Gasteiger partial charge in [-0.2, -0.15) is 5.10 Å². The third-order valence-corrected chi connectivity index (χ3v) is 4.09. The number of nitrogens with one attached hydrogen (secondary N) is 1. The van der Waals surface area contributed by atoms with E-state index in [1.807, 2.05) is 31.4 Å². The smallest absolute Gasteiger partial charge is 0.315 e. The lowest BCUT2D eigenvalue weighted by molar-refractivity contribution is -0.136. The first-order chi connectivity index (χ1) is 10.5. The van der Waals surface area contributed by atoms with Crippen LogP contribution in [0.25, 0.3) is 0 Å². The Kier molecular flexibility index (Phi) is 3.82. The number of carbonyl (C=O) groups is 1. The van der Waals surface area contributed by atoms with E-state index < -0.39 is 0 Å². The Labute approximate surface area is 128 Å². The minimum Gasteiger partial charge on any atom is -0.408 e. The van der Waals surface area contributed by atoms with Crippen molar-refractivity contribution in [1.82, 2.24) is 24.9 Å². The number of carbonyl (C=O) groups excluding carboxylic acids is 1. The van der Waals surface area contributed by atoms with Crippen LogP contribution in [0, 0.1) is 12.8 Å². The van der Waals surface area contributed by atoms with Gasteiger partial charge in [0.25, 0.3) is 0 Å². The first-order valence-corrected chi connectivity index (χ1v) is 7.33. The van der Waals surface area contributed by atoms with E-state index >= 15 is 0 Å². The van der Waals surface area contributed by atoms with Gasteiger partial charge in [-0.15, -0.1) is 5.10 Å². The summed E-state index contributed by atoms with van der Waals surface area (Å²) in [5.74, 6) is 0.958. The van der Waals surface area contributed by atoms with Gasteiger partial charge in [0.15, 0.2) is 0 Å². The van der Waals surface area contributed by atoms with E-state index in [-0.39, 0.29) is 17.9 Å². The van der Waals surface area contributed by atoms with Crippen LogP contribution in [0.5, 0.6) is 0 Å². The number of likely N-dealkylation sites (tertiary alicyclic amines) is 1. The molecular weight excluding hydrogens is 284 g/mol. The number of aryl methyl sites for hydroxylation is 2. The van der Waals surface area contributed by atoms with Gasteiger partial charge in [-0.05, 0) is 6.42 Å². The second-order valence-electron chi connectivity index (χ2n) is 5.70. The zero-order chi connectivity index (χ0) is 15.7. The van der Waals surface area contributed by atoms with Gasteiger partial charge in [-0.1, -0.05) is 5.10 Å². The Bertz CT molecular complexity index is 664. The number of nitrogens with zero attached hydrogens (tertiary/aromatic N) is 5. The lowest BCUT2D eigenvalue weighted by Crippen LogP contribution is -2.42. The fraction of sp³-hybridized carbons (Fsp3) is 0.571. The lowest BCUT2D eigenvalue weighted by Gasteiger charge is -2.38. The highest BCUT2D eigenvalue weighted by Gasteiger charge is 2.35. The molecule has 0 bridgehead atoms. The largest absolute Gasteiger partial charge is 0.408 e. The van der Waals surface area contributed by atoms with Gasteiger partial charge in [0, 0.05) is 51.7 Å². The van der Waals surface area contributed by atoms with E-state index in [2.05, 4.69) is 20.6 Å². The van der Waals surface area contributed by atoms with Crippen LogP contribution >= 0.6 is 0 Å². The zero-order valence-electron chi connectivity index (χ0n) is 13.0. The molecule has 2 aromatic heterocycles. The number of amides is 1. The molecule has 118 valence electrons. The molecule has 1 amide bonds. The van der Waals surface area contributed by atoms with Gasteiger partial charge < -0.3 is 14.6 Å². The van der Waals surface area contributed by atoms with Crippen LogP contribution in [-0.2, 0) is 11.8 Å². The average Bonchev–Trinajstić information content (AvgIpc) is 3.09. The Hall–Kier alpha value is -2.38. The molecule has 2 aromatic rings. The van der Waals surface area contributed by atoms with Crippen molar-refractivity contribution in [3.8, 4) is 0 Å². The summed E-state index contributed by atoms with van der Waals surface area (Å²) >= 11 is 0. The van der Waals surface area contributed by atoms with Gasteiger partial charge in [-0.3, -0.25) is 9.48 Å². The second kappa shape index (κ2) is 5.78. The van der Waals surface area contributed by atoms with Crippen LogP contribution in [0.15, 0.2) is 16.8 Å². The standard InChI is InChI=1S/C14H20N6O2/c1-9-17-18-14(22-9)15-6-10-4-5-12(21)20(3)13(10)11-7-16-19(2)8-11/h7-8,10,13H,4-6H2,1-3H3,(H,15,18)/t10-,13+/m1/s1. The van der Waals surface area contributed by atoms with Crippen LogP contribution in [0.1, 0.15) is 30.3 Å². The molecule has 1 aliphatic heterocycles. The summed E-state index contributed by atoms with van der Waals surface area (Å²) in [6.45, 7) is 2.42. The zero-order valence-corrected chi connectivity index (χ0v) is 13.0. The van der Waals surface area contributed by atoms with Crippen LogP contribution in [0.4, 0.5) is 6.01 Å². The van der Waals surface area contributed by atoms with E-state index in [1.54, 1.807) is 11.6 Å². The van der Waals surface area contributed by atoms with Gasteiger partial charge >= 0.3 is 6.01 Å². The Morgan fingerprint density at radius 2 is 2.23 bits per heavy atom. The van der Waals surface area contributed by atoms with Crippen molar-refractivity contribution in [2.24, 2.45) is 13.0 Å². The van der Waals surface area contributed by atoms with E-state index in [0.717, 1.165) is 12.0 Å². The molecule has 1 saturated heterocycles. The Balaban J connectivity index is 1.76. The predicted octanol–water partition coefficient (Wildman–Crippen LogP) is 1.13. The highest BCUT2D eigenvalue weighted by atomic mass is 16.4. The Morgan fingerprint density at radius 1 is 1.41 bits per heavy atom. The molecule has 0 spiro atoms. The molecule has 0 aromatic carbocycles. The molecule has 22 heavy (non-hydrogen) atoms. The van der Waals surface area contributed by atoms with Crippen molar-refractivity contribution in [3.63, 3.8) is 0 Å². The van der Waals surface area contributed by atoms with Crippen LogP contribution < -0.4 is 5.32 Å². The summed E-state index contributed by atoms with van der Waals surface area (Å²) in [4.78, 5) is 13.9. The molecule has 8 nitrogen and oxygen atoms in total. The number of aromatic nitrogens is 4. The topological polar surface area (TPSA) is 89.1 Å². The number of piperidine rings is 1. The molecule has 0 aliphatic carbocycles. The molecular formula is C14H20N6O2. The third kappa shape index (κ3) is 2.81. The van der Waals surface area contributed by atoms with Crippen molar-refractivity contribution in [3.05, 3.63) is 23.8 Å². The highest BCUT2D eigenvalue weighted by Crippen LogP contribution is 2.35. The SMILES string of the molecule is Cc1nnc(NC[C@H]2CCC(=O)N(C)[C@@H]2c2cnn(C)c2)o1. The maximum absolute atomic E-state index is 12.0.